The third-order valence-corrected chi connectivity index (χ3v) is 17.1. The number of nitrogens with zero attached hydrogens (tertiary/aromatic N) is 2. The van der Waals surface area contributed by atoms with Crippen LogP contribution in [0.15, 0.2) is 121 Å². The van der Waals surface area contributed by atoms with Crippen molar-refractivity contribution >= 4 is 78.7 Å². The zero-order valence-electron chi connectivity index (χ0n) is 52.4. The Labute approximate surface area is 512 Å². The highest BCUT2D eigenvalue weighted by Crippen LogP contribution is 2.58. The number of fused-ring (bicyclic) bond motifs is 2. The summed E-state index contributed by atoms with van der Waals surface area (Å²) in [7, 11) is 0. The van der Waals surface area contributed by atoms with Crippen molar-refractivity contribution < 1.29 is 57.9 Å². The molecule has 0 fully saturated rings. The summed E-state index contributed by atoms with van der Waals surface area (Å²) in [5, 5.41) is 23.6. The second-order valence-corrected chi connectivity index (χ2v) is 27.4. The van der Waals surface area contributed by atoms with Gasteiger partial charge in [-0.1, -0.05) is 158 Å². The van der Waals surface area contributed by atoms with E-state index in [1.165, 1.54) is 24.3 Å². The van der Waals surface area contributed by atoms with Crippen LogP contribution >= 0.6 is 0 Å². The molecule has 2 aliphatic rings. The molecule has 2 aliphatic heterocycles. The van der Waals surface area contributed by atoms with E-state index < -0.39 is 47.7 Å². The van der Waals surface area contributed by atoms with Gasteiger partial charge >= 0.3 is 11.9 Å². The van der Waals surface area contributed by atoms with Crippen LogP contribution in [0.25, 0.3) is 43.1 Å². The zero-order chi connectivity index (χ0) is 63.4. The lowest BCUT2D eigenvalue weighted by Gasteiger charge is -2.35. The van der Waals surface area contributed by atoms with Crippen LogP contribution in [0.3, 0.4) is 0 Å². The molecule has 0 aromatic heterocycles. The first-order chi connectivity index (χ1) is 41.4. The maximum atomic E-state index is 15.6. The Morgan fingerprint density at radius 2 is 0.557 bits per heavy atom. The fourth-order valence-corrected chi connectivity index (χ4v) is 12.3. The molecular weight excluding hydrogens is 1110 g/mol. The number of carboxylic acid groups (broad SMARTS) is 2. The van der Waals surface area contributed by atoms with E-state index in [9.17, 15) is 19.8 Å². The molecule has 2 heterocycles. The van der Waals surface area contributed by atoms with E-state index in [2.05, 4.69) is 83.1 Å². The van der Waals surface area contributed by atoms with Crippen LogP contribution in [0, 0.1) is 0 Å². The molecule has 2 atom stereocenters. The highest BCUT2D eigenvalue weighted by atomic mass is 16.5. The van der Waals surface area contributed by atoms with Crippen molar-refractivity contribution in [2.75, 3.05) is 0 Å². The van der Waals surface area contributed by atoms with Gasteiger partial charge < -0.3 is 29.2 Å². The van der Waals surface area contributed by atoms with E-state index >= 15 is 19.2 Å². The number of carboxylic acids is 2. The van der Waals surface area contributed by atoms with Crippen molar-refractivity contribution in [3.05, 3.63) is 166 Å². The number of aliphatic carboxylic acids is 2. The average molecular weight is 1180 g/mol. The number of amides is 4. The van der Waals surface area contributed by atoms with Crippen LogP contribution in [0.1, 0.15) is 186 Å². The Bertz CT molecular complexity index is 3820. The van der Waals surface area contributed by atoms with Crippen LogP contribution < -0.4 is 18.9 Å². The summed E-state index contributed by atoms with van der Waals surface area (Å²) in [6.45, 7) is 28.6. The lowest BCUT2D eigenvalue weighted by molar-refractivity contribution is -0.142. The predicted molar refractivity (Wildman–Crippen MR) is 342 cm³/mol. The van der Waals surface area contributed by atoms with Gasteiger partial charge in [0, 0.05) is 43.1 Å². The first-order valence-corrected chi connectivity index (χ1v) is 30.1. The second-order valence-electron chi connectivity index (χ2n) is 27.4. The third kappa shape index (κ3) is 10.5. The predicted octanol–water partition coefficient (Wildman–Crippen LogP) is 17.8. The minimum atomic E-state index is -1.55. The molecule has 0 spiro atoms. The number of ether oxygens (including phenoxy) is 4. The Morgan fingerprint density at radius 1 is 0.352 bits per heavy atom. The quantitative estimate of drug-likeness (QED) is 0.0530. The third-order valence-electron chi connectivity index (χ3n) is 17.1. The van der Waals surface area contributed by atoms with Gasteiger partial charge in [-0.15, -0.1) is 0 Å². The fourth-order valence-electron chi connectivity index (χ4n) is 12.3. The molecule has 88 heavy (non-hydrogen) atoms. The summed E-state index contributed by atoms with van der Waals surface area (Å²) in [5.41, 5.74) is 2.90. The molecule has 14 heteroatoms. The molecule has 11 rings (SSSR count). The number of carbonyl (C=O) groups is 6. The topological polar surface area (TPSA) is 186 Å². The molecule has 0 radical (unpaired) electrons. The SMILES string of the molecule is CCCC(C(=O)O)N1C(=O)c2cc(Oc3ccc(C(C)(C)C)cc3)c3c4c(Oc5ccc(C(C)(C)C)cc5)cc5c6c(cc(Oc7ccc(C(C)(C)C)cc7)c(c7c(Oc8ccc(C(C)(C)C)cc8)cc(c2c37)C1=O)c64)C(=O)N(C(CCC)C(=O)O)C5=O. The summed E-state index contributed by atoms with van der Waals surface area (Å²) in [4.78, 5) is 90.8. The van der Waals surface area contributed by atoms with Gasteiger partial charge in [-0.25, -0.2) is 9.59 Å². The highest BCUT2D eigenvalue weighted by Gasteiger charge is 2.46. The van der Waals surface area contributed by atoms with Gasteiger partial charge in [-0.05, 0) is 130 Å². The van der Waals surface area contributed by atoms with Crippen molar-refractivity contribution in [1.82, 2.24) is 9.80 Å². The van der Waals surface area contributed by atoms with Gasteiger partial charge in [-0.2, -0.15) is 0 Å². The first kappa shape index (κ1) is 60.4. The Kier molecular flexibility index (Phi) is 15.0. The second kappa shape index (κ2) is 21.8. The normalized spacial score (nSPS) is 14.6. The standard InChI is InChI=1S/C74H74N2O12/c1-15-17-51(69(81)82)75-65(77)47-35-53(85-43-27-19-39(20-28-43)71(3,4)5)59-61-55(87-45-31-23-41(24-32-45)73(9,10)11)37-49-58-50(68(80)76(67(49)79)52(18-16-2)70(83)84)38-56(88-46-33-25-42(26-34-46)74(12,13)14)62(64(58)61)60-54(36-48(66(75)78)57(47)63(59)60)86-44-29-21-40(22-30-44)72(6,7)8/h19-38,51-52H,15-18H2,1-14H3,(H,81,82)(H,83,84). The zero-order valence-corrected chi connectivity index (χ0v) is 52.4. The van der Waals surface area contributed by atoms with Crippen molar-refractivity contribution in [3.63, 3.8) is 0 Å². The molecule has 9 aromatic rings. The molecule has 0 bridgehead atoms. The van der Waals surface area contributed by atoms with E-state index in [-0.39, 0.29) is 123 Å². The van der Waals surface area contributed by atoms with Crippen LogP contribution in [0.5, 0.6) is 46.0 Å². The minimum Gasteiger partial charge on any atom is -0.480 e. The molecule has 0 saturated carbocycles. The van der Waals surface area contributed by atoms with Crippen LogP contribution in [-0.4, -0.2) is 67.7 Å². The Balaban J connectivity index is 1.38. The molecule has 9 aromatic carbocycles. The van der Waals surface area contributed by atoms with Gasteiger partial charge in [-0.3, -0.25) is 29.0 Å². The van der Waals surface area contributed by atoms with Crippen LogP contribution in [-0.2, 0) is 31.2 Å². The monoisotopic (exact) mass is 1180 g/mol. The minimum absolute atomic E-state index is 0.0366. The molecule has 2 N–H and O–H groups in total. The van der Waals surface area contributed by atoms with Crippen molar-refractivity contribution in [1.29, 1.82) is 0 Å². The van der Waals surface area contributed by atoms with Gasteiger partial charge in [0.2, 0.25) is 0 Å². The maximum Gasteiger partial charge on any atom is 0.326 e. The van der Waals surface area contributed by atoms with Crippen LogP contribution in [0.2, 0.25) is 0 Å². The summed E-state index contributed by atoms with van der Waals surface area (Å²) in [6, 6.07) is 33.1. The van der Waals surface area contributed by atoms with E-state index in [1.54, 1.807) is 13.8 Å². The molecular formula is C74H74N2O12. The summed E-state index contributed by atoms with van der Waals surface area (Å²) >= 11 is 0. The largest absolute Gasteiger partial charge is 0.480 e. The Morgan fingerprint density at radius 3 is 0.727 bits per heavy atom. The number of imide groups is 2. The van der Waals surface area contributed by atoms with Crippen molar-refractivity contribution in [2.45, 2.75) is 156 Å². The lowest BCUT2D eigenvalue weighted by atomic mass is 9.80. The van der Waals surface area contributed by atoms with Gasteiger partial charge in [0.05, 0.1) is 22.3 Å². The number of carbonyl (C=O) groups excluding carboxylic acids is 4. The fraction of sp³-hybridized carbons (Fsp3) is 0.324. The van der Waals surface area contributed by atoms with Gasteiger partial charge in [0.15, 0.2) is 0 Å². The van der Waals surface area contributed by atoms with Gasteiger partial charge in [0.25, 0.3) is 23.6 Å². The molecule has 4 amide bonds. The van der Waals surface area contributed by atoms with Crippen molar-refractivity contribution in [3.8, 4) is 46.0 Å². The number of hydrogen-bond donors (Lipinski definition) is 2. The number of benzene rings is 9. The molecule has 0 saturated heterocycles. The van der Waals surface area contributed by atoms with E-state index in [4.69, 9.17) is 18.9 Å². The summed E-state index contributed by atoms with van der Waals surface area (Å²) in [6.07, 6.45) is 0.588. The lowest BCUT2D eigenvalue weighted by Crippen LogP contribution is -2.50. The van der Waals surface area contributed by atoms with Crippen LogP contribution in [0.4, 0.5) is 0 Å². The van der Waals surface area contributed by atoms with E-state index in [0.717, 1.165) is 32.1 Å². The average Bonchev–Trinajstić information content (AvgIpc) is 0.825. The highest BCUT2D eigenvalue weighted by molar-refractivity contribution is 6.45. The van der Waals surface area contributed by atoms with E-state index in [1.807, 2.05) is 97.1 Å². The Hall–Kier alpha value is -9.30. The molecule has 452 valence electrons. The molecule has 2 unspecified atom stereocenters. The number of hydrogen-bond acceptors (Lipinski definition) is 10. The van der Waals surface area contributed by atoms with Gasteiger partial charge in [0.1, 0.15) is 58.1 Å². The first-order valence-electron chi connectivity index (χ1n) is 30.1. The maximum absolute atomic E-state index is 15.6. The summed E-state index contributed by atoms with van der Waals surface area (Å²) in [5.74, 6) is -4.52. The smallest absolute Gasteiger partial charge is 0.326 e. The molecule has 14 nitrogen and oxygen atoms in total. The van der Waals surface area contributed by atoms with Crippen molar-refractivity contribution in [2.24, 2.45) is 0 Å². The summed E-state index contributed by atoms with van der Waals surface area (Å²) < 4.78 is 28.6. The molecule has 0 aliphatic carbocycles. The van der Waals surface area contributed by atoms with E-state index in [0.29, 0.717) is 35.8 Å². The number of rotatable bonds is 16.